The van der Waals surface area contributed by atoms with Gasteiger partial charge in [0.05, 0.1) is 0 Å². The Labute approximate surface area is 122 Å². The number of aromatic nitrogens is 2. The molecule has 0 amide bonds. The van der Waals surface area contributed by atoms with Crippen molar-refractivity contribution in [3.63, 3.8) is 0 Å². The number of thioether (sulfide) groups is 1. The van der Waals surface area contributed by atoms with Gasteiger partial charge in [-0.15, -0.1) is 16.8 Å². The van der Waals surface area contributed by atoms with Crippen LogP contribution < -0.4 is 5.32 Å². The summed E-state index contributed by atoms with van der Waals surface area (Å²) in [7, 11) is 0. The van der Waals surface area contributed by atoms with E-state index >= 15 is 0 Å². The number of nitrogens with one attached hydrogen (secondary N) is 1. The lowest BCUT2D eigenvalue weighted by atomic mass is 10.1. The Bertz CT molecular complexity index is 564. The van der Waals surface area contributed by atoms with Crippen molar-refractivity contribution in [3.05, 3.63) is 47.5 Å². The minimum absolute atomic E-state index is 0.719. The van der Waals surface area contributed by atoms with Crippen molar-refractivity contribution in [1.82, 2.24) is 10.2 Å². The zero-order valence-electron chi connectivity index (χ0n) is 11.1. The van der Waals surface area contributed by atoms with Gasteiger partial charge < -0.3 is 5.32 Å². The molecule has 2 aromatic rings. The lowest BCUT2D eigenvalue weighted by Gasteiger charge is -2.05. The molecule has 1 aromatic carbocycles. The van der Waals surface area contributed by atoms with Crippen molar-refractivity contribution in [3.8, 4) is 0 Å². The van der Waals surface area contributed by atoms with E-state index in [1.807, 2.05) is 6.08 Å². The first-order chi connectivity index (χ1) is 9.19. The van der Waals surface area contributed by atoms with Gasteiger partial charge in [-0.3, -0.25) is 0 Å². The van der Waals surface area contributed by atoms with Gasteiger partial charge in [-0.05, 0) is 25.0 Å². The lowest BCUT2D eigenvalue weighted by molar-refractivity contribution is 1.01. The summed E-state index contributed by atoms with van der Waals surface area (Å²) in [5.74, 6) is 0.934. The Kier molecular flexibility index (Phi) is 4.99. The van der Waals surface area contributed by atoms with Crippen LogP contribution in [0, 0.1) is 13.8 Å². The van der Waals surface area contributed by atoms with Crippen molar-refractivity contribution in [2.24, 2.45) is 0 Å². The fourth-order valence-electron chi connectivity index (χ4n) is 1.59. The summed E-state index contributed by atoms with van der Waals surface area (Å²) < 4.78 is 0.993. The maximum Gasteiger partial charge on any atom is 0.206 e. The van der Waals surface area contributed by atoms with E-state index in [2.05, 4.69) is 54.1 Å². The van der Waals surface area contributed by atoms with Gasteiger partial charge in [-0.2, -0.15) is 0 Å². The van der Waals surface area contributed by atoms with Crippen LogP contribution in [-0.2, 0) is 5.75 Å². The molecule has 0 saturated heterocycles. The molecule has 0 fully saturated rings. The van der Waals surface area contributed by atoms with E-state index in [0.717, 1.165) is 21.8 Å². The fourth-order valence-corrected chi connectivity index (χ4v) is 3.42. The van der Waals surface area contributed by atoms with Crippen LogP contribution in [-0.4, -0.2) is 16.7 Å². The number of anilines is 1. The predicted molar refractivity (Wildman–Crippen MR) is 84.1 cm³/mol. The summed E-state index contributed by atoms with van der Waals surface area (Å²) in [6, 6.07) is 6.55. The van der Waals surface area contributed by atoms with Crippen LogP contribution in [0.15, 0.2) is 35.2 Å². The van der Waals surface area contributed by atoms with E-state index in [1.165, 1.54) is 16.7 Å². The molecular weight excluding hydrogens is 274 g/mol. The van der Waals surface area contributed by atoms with Crippen LogP contribution in [0.1, 0.15) is 16.7 Å². The van der Waals surface area contributed by atoms with Crippen LogP contribution in [0.25, 0.3) is 0 Å². The van der Waals surface area contributed by atoms with Crippen molar-refractivity contribution in [2.45, 2.75) is 23.9 Å². The van der Waals surface area contributed by atoms with E-state index in [-0.39, 0.29) is 0 Å². The SMILES string of the molecule is C=CCNc1nnc(SCc2cc(C)ccc2C)s1. The molecule has 0 aliphatic rings. The molecule has 0 saturated carbocycles. The first-order valence-electron chi connectivity index (χ1n) is 6.06. The highest BCUT2D eigenvalue weighted by Gasteiger charge is 2.06. The van der Waals surface area contributed by atoms with Crippen LogP contribution in [0.2, 0.25) is 0 Å². The van der Waals surface area contributed by atoms with Gasteiger partial charge in [-0.1, -0.05) is 52.9 Å². The second-order valence-corrected chi connectivity index (χ2v) is 6.46. The molecule has 0 radical (unpaired) electrons. The number of hydrogen-bond acceptors (Lipinski definition) is 5. The molecule has 0 unspecified atom stereocenters. The smallest absolute Gasteiger partial charge is 0.206 e. The Morgan fingerprint density at radius 2 is 2.21 bits per heavy atom. The number of benzene rings is 1. The van der Waals surface area contributed by atoms with Crippen molar-refractivity contribution < 1.29 is 0 Å². The second kappa shape index (κ2) is 6.73. The fraction of sp³-hybridized carbons (Fsp3) is 0.286. The number of nitrogens with zero attached hydrogens (tertiary/aromatic N) is 2. The van der Waals surface area contributed by atoms with Gasteiger partial charge >= 0.3 is 0 Å². The summed E-state index contributed by atoms with van der Waals surface area (Å²) in [4.78, 5) is 0. The first-order valence-corrected chi connectivity index (χ1v) is 7.86. The average molecular weight is 291 g/mol. The summed E-state index contributed by atoms with van der Waals surface area (Å²) >= 11 is 3.31. The van der Waals surface area contributed by atoms with Crippen molar-refractivity contribution >= 4 is 28.2 Å². The maximum absolute atomic E-state index is 4.17. The van der Waals surface area contributed by atoms with Crippen LogP contribution in [0.3, 0.4) is 0 Å². The molecular formula is C14H17N3S2. The maximum atomic E-state index is 4.17. The molecule has 0 aliphatic heterocycles. The Morgan fingerprint density at radius 3 is 3.00 bits per heavy atom. The Hall–Kier alpha value is -1.33. The third-order valence-electron chi connectivity index (χ3n) is 2.66. The molecule has 0 spiro atoms. The molecule has 1 heterocycles. The molecule has 1 N–H and O–H groups in total. The van der Waals surface area contributed by atoms with Crippen LogP contribution in [0.5, 0.6) is 0 Å². The molecule has 19 heavy (non-hydrogen) atoms. The standard InChI is InChI=1S/C14H17N3S2/c1-4-7-15-13-16-17-14(19-13)18-9-12-8-10(2)5-6-11(12)3/h4-6,8H,1,7,9H2,2-3H3,(H,15,16). The summed E-state index contributed by atoms with van der Waals surface area (Å²) in [6.45, 7) is 8.65. The number of aryl methyl sites for hydroxylation is 2. The molecule has 3 nitrogen and oxygen atoms in total. The largest absolute Gasteiger partial charge is 0.357 e. The van der Waals surface area contributed by atoms with E-state index in [9.17, 15) is 0 Å². The summed E-state index contributed by atoms with van der Waals surface area (Å²) in [5, 5.41) is 12.3. The highest BCUT2D eigenvalue weighted by atomic mass is 32.2. The second-order valence-electron chi connectivity index (χ2n) is 4.26. The molecule has 0 bridgehead atoms. The Morgan fingerprint density at radius 1 is 1.37 bits per heavy atom. The lowest BCUT2D eigenvalue weighted by Crippen LogP contribution is -1.96. The summed E-state index contributed by atoms with van der Waals surface area (Å²) in [6.07, 6.45) is 1.81. The van der Waals surface area contributed by atoms with Gasteiger partial charge in [-0.25, -0.2) is 0 Å². The molecule has 5 heteroatoms. The zero-order chi connectivity index (χ0) is 13.7. The molecule has 1 aromatic heterocycles. The van der Waals surface area contributed by atoms with Gasteiger partial charge in [0.1, 0.15) is 0 Å². The van der Waals surface area contributed by atoms with Gasteiger partial charge in [0.25, 0.3) is 0 Å². The minimum atomic E-state index is 0.719. The molecule has 0 atom stereocenters. The molecule has 0 aliphatic carbocycles. The van der Waals surface area contributed by atoms with Gasteiger partial charge in [0, 0.05) is 12.3 Å². The van der Waals surface area contributed by atoms with Crippen LogP contribution in [0.4, 0.5) is 5.13 Å². The predicted octanol–water partition coefficient (Wildman–Crippen LogP) is 4.05. The van der Waals surface area contributed by atoms with E-state index in [0.29, 0.717) is 0 Å². The van der Waals surface area contributed by atoms with Crippen molar-refractivity contribution in [1.29, 1.82) is 0 Å². The average Bonchev–Trinajstić information content (AvgIpc) is 2.85. The zero-order valence-corrected chi connectivity index (χ0v) is 12.8. The molecule has 100 valence electrons. The Balaban J connectivity index is 1.96. The van der Waals surface area contributed by atoms with E-state index < -0.39 is 0 Å². The van der Waals surface area contributed by atoms with Crippen LogP contribution >= 0.6 is 23.1 Å². The first kappa shape index (κ1) is 14.1. The quantitative estimate of drug-likeness (QED) is 0.644. The highest BCUT2D eigenvalue weighted by molar-refractivity contribution is 8.00. The monoisotopic (exact) mass is 291 g/mol. The number of rotatable bonds is 6. The molecule has 2 rings (SSSR count). The number of hydrogen-bond donors (Lipinski definition) is 1. The van der Waals surface area contributed by atoms with E-state index in [4.69, 9.17) is 0 Å². The third kappa shape index (κ3) is 4.08. The minimum Gasteiger partial charge on any atom is -0.357 e. The van der Waals surface area contributed by atoms with Gasteiger partial charge in [0.2, 0.25) is 5.13 Å². The van der Waals surface area contributed by atoms with E-state index in [1.54, 1.807) is 23.1 Å². The third-order valence-corrected chi connectivity index (χ3v) is 4.72. The normalized spacial score (nSPS) is 10.4. The van der Waals surface area contributed by atoms with Gasteiger partial charge in [0.15, 0.2) is 4.34 Å². The van der Waals surface area contributed by atoms with Crippen molar-refractivity contribution in [2.75, 3.05) is 11.9 Å². The summed E-state index contributed by atoms with van der Waals surface area (Å²) in [5.41, 5.74) is 3.99. The highest BCUT2D eigenvalue weighted by Crippen LogP contribution is 2.29. The topological polar surface area (TPSA) is 37.8 Å².